The van der Waals surface area contributed by atoms with Crippen LogP contribution in [0.1, 0.15) is 6.42 Å². The molecule has 2 aromatic rings. The van der Waals surface area contributed by atoms with Crippen LogP contribution in [0.15, 0.2) is 36.7 Å². The summed E-state index contributed by atoms with van der Waals surface area (Å²) in [5, 5.41) is 6.80. The molecule has 0 saturated carbocycles. The van der Waals surface area contributed by atoms with Crippen molar-refractivity contribution in [2.24, 2.45) is 0 Å². The molecule has 4 heteroatoms. The van der Waals surface area contributed by atoms with Crippen LogP contribution in [0.25, 0.3) is 11.1 Å². The van der Waals surface area contributed by atoms with Crippen molar-refractivity contribution in [3.05, 3.63) is 36.7 Å². The van der Waals surface area contributed by atoms with Gasteiger partial charge >= 0.3 is 0 Å². The molecule has 1 fully saturated rings. The molecular weight excluding hydrogens is 226 g/mol. The standard InChI is InChI=1S/C14H17N3O/c1-17-6-5-14(10-17)18-13-4-2-3-11(7-13)12-8-15-16-9-12/h2-4,7-9,14H,5-6,10H2,1H3,(H,15,16). The maximum Gasteiger partial charge on any atom is 0.120 e. The molecule has 18 heavy (non-hydrogen) atoms. The zero-order valence-electron chi connectivity index (χ0n) is 10.5. The topological polar surface area (TPSA) is 41.1 Å². The summed E-state index contributed by atoms with van der Waals surface area (Å²) in [5.41, 5.74) is 2.22. The monoisotopic (exact) mass is 243 g/mol. The van der Waals surface area contributed by atoms with Crippen molar-refractivity contribution in [1.82, 2.24) is 15.1 Å². The van der Waals surface area contributed by atoms with Crippen LogP contribution in [0.4, 0.5) is 0 Å². The molecule has 0 spiro atoms. The van der Waals surface area contributed by atoms with Gasteiger partial charge in [0, 0.05) is 24.8 Å². The Balaban J connectivity index is 1.75. The second-order valence-electron chi connectivity index (χ2n) is 4.81. The number of likely N-dealkylation sites (N-methyl/N-ethyl adjacent to an activating group) is 1. The summed E-state index contributed by atoms with van der Waals surface area (Å²) in [5.74, 6) is 0.939. The van der Waals surface area contributed by atoms with Crippen LogP contribution < -0.4 is 4.74 Å². The predicted molar refractivity (Wildman–Crippen MR) is 70.6 cm³/mol. The Morgan fingerprint density at radius 3 is 3.06 bits per heavy atom. The molecule has 1 unspecified atom stereocenters. The number of nitrogens with zero attached hydrogens (tertiary/aromatic N) is 2. The average molecular weight is 243 g/mol. The third-order valence-corrected chi connectivity index (χ3v) is 3.32. The van der Waals surface area contributed by atoms with Crippen LogP contribution in [-0.4, -0.2) is 41.3 Å². The fraction of sp³-hybridized carbons (Fsp3) is 0.357. The van der Waals surface area contributed by atoms with E-state index >= 15 is 0 Å². The molecule has 4 nitrogen and oxygen atoms in total. The first-order valence-electron chi connectivity index (χ1n) is 6.26. The van der Waals surface area contributed by atoms with Gasteiger partial charge in [0.25, 0.3) is 0 Å². The van der Waals surface area contributed by atoms with Crippen LogP contribution in [0.2, 0.25) is 0 Å². The van der Waals surface area contributed by atoms with Gasteiger partial charge < -0.3 is 9.64 Å². The second-order valence-corrected chi connectivity index (χ2v) is 4.81. The number of hydrogen-bond donors (Lipinski definition) is 1. The van der Waals surface area contributed by atoms with Crippen molar-refractivity contribution in [3.63, 3.8) is 0 Å². The van der Waals surface area contributed by atoms with Gasteiger partial charge in [0.05, 0.1) is 6.20 Å². The summed E-state index contributed by atoms with van der Waals surface area (Å²) < 4.78 is 6.01. The van der Waals surface area contributed by atoms with E-state index in [1.165, 1.54) is 0 Å². The van der Waals surface area contributed by atoms with Gasteiger partial charge in [0.2, 0.25) is 0 Å². The number of nitrogens with one attached hydrogen (secondary N) is 1. The largest absolute Gasteiger partial charge is 0.489 e. The molecule has 1 saturated heterocycles. The molecule has 1 aromatic carbocycles. The van der Waals surface area contributed by atoms with Crippen molar-refractivity contribution in [3.8, 4) is 16.9 Å². The van der Waals surface area contributed by atoms with Gasteiger partial charge in [-0.2, -0.15) is 5.10 Å². The average Bonchev–Trinajstić information content (AvgIpc) is 3.01. The molecule has 0 amide bonds. The van der Waals surface area contributed by atoms with Gasteiger partial charge in [-0.05, 0) is 31.2 Å². The van der Waals surface area contributed by atoms with E-state index in [1.807, 2.05) is 24.5 Å². The highest BCUT2D eigenvalue weighted by atomic mass is 16.5. The van der Waals surface area contributed by atoms with Crippen molar-refractivity contribution in [2.75, 3.05) is 20.1 Å². The molecular formula is C14H17N3O. The summed E-state index contributed by atoms with van der Waals surface area (Å²) in [6.07, 6.45) is 5.13. The van der Waals surface area contributed by atoms with Crippen LogP contribution >= 0.6 is 0 Å². The quantitative estimate of drug-likeness (QED) is 0.898. The van der Waals surface area contributed by atoms with Gasteiger partial charge in [-0.25, -0.2) is 0 Å². The summed E-state index contributed by atoms with van der Waals surface area (Å²) in [7, 11) is 2.13. The minimum Gasteiger partial charge on any atom is -0.489 e. The molecule has 3 rings (SSSR count). The van der Waals surface area contributed by atoms with Crippen LogP contribution in [0.3, 0.4) is 0 Å². The molecule has 1 atom stereocenters. The number of rotatable bonds is 3. The number of aromatic nitrogens is 2. The highest BCUT2D eigenvalue weighted by molar-refractivity contribution is 5.63. The molecule has 1 aromatic heterocycles. The first-order chi connectivity index (χ1) is 8.81. The van der Waals surface area contributed by atoms with Crippen LogP contribution in [0, 0.1) is 0 Å². The lowest BCUT2D eigenvalue weighted by molar-refractivity contribution is 0.208. The molecule has 1 aliphatic heterocycles. The van der Waals surface area contributed by atoms with Crippen LogP contribution in [0.5, 0.6) is 5.75 Å². The highest BCUT2D eigenvalue weighted by Crippen LogP contribution is 2.24. The Labute approximate surface area is 107 Å². The zero-order chi connectivity index (χ0) is 12.4. The third-order valence-electron chi connectivity index (χ3n) is 3.32. The molecule has 0 aliphatic carbocycles. The van der Waals surface area contributed by atoms with E-state index in [4.69, 9.17) is 4.74 Å². The minimum absolute atomic E-state index is 0.314. The Kier molecular flexibility index (Phi) is 3.02. The lowest BCUT2D eigenvalue weighted by atomic mass is 10.1. The van der Waals surface area contributed by atoms with Gasteiger partial charge in [-0.1, -0.05) is 12.1 Å². The summed E-state index contributed by atoms with van der Waals surface area (Å²) >= 11 is 0. The van der Waals surface area contributed by atoms with Crippen LogP contribution in [-0.2, 0) is 0 Å². The van der Waals surface area contributed by atoms with Crippen molar-refractivity contribution in [1.29, 1.82) is 0 Å². The number of hydrogen-bond acceptors (Lipinski definition) is 3. The van der Waals surface area contributed by atoms with Crippen molar-refractivity contribution in [2.45, 2.75) is 12.5 Å². The molecule has 0 bridgehead atoms. The fourth-order valence-electron chi connectivity index (χ4n) is 2.34. The van der Waals surface area contributed by atoms with Gasteiger partial charge in [0.1, 0.15) is 11.9 Å². The van der Waals surface area contributed by atoms with E-state index < -0.39 is 0 Å². The maximum absolute atomic E-state index is 6.01. The number of aromatic amines is 1. The van der Waals surface area contributed by atoms with Gasteiger partial charge in [-0.3, -0.25) is 5.10 Å². The number of H-pyrrole nitrogens is 1. The second kappa shape index (κ2) is 4.82. The third kappa shape index (κ3) is 2.38. The first kappa shape index (κ1) is 11.3. The van der Waals surface area contributed by atoms with Gasteiger partial charge in [-0.15, -0.1) is 0 Å². The lowest BCUT2D eigenvalue weighted by Gasteiger charge is -2.14. The summed E-state index contributed by atoms with van der Waals surface area (Å²) in [4.78, 5) is 2.30. The Hall–Kier alpha value is -1.81. The molecule has 94 valence electrons. The lowest BCUT2D eigenvalue weighted by Crippen LogP contribution is -2.21. The number of ether oxygens (including phenoxy) is 1. The number of likely N-dealkylation sites (tertiary alicyclic amines) is 1. The molecule has 0 radical (unpaired) electrons. The fourth-order valence-corrected chi connectivity index (χ4v) is 2.34. The summed E-state index contributed by atoms with van der Waals surface area (Å²) in [6, 6.07) is 8.18. The van der Waals surface area contributed by atoms with E-state index in [9.17, 15) is 0 Å². The predicted octanol–water partition coefficient (Wildman–Crippen LogP) is 2.16. The summed E-state index contributed by atoms with van der Waals surface area (Å²) in [6.45, 7) is 2.13. The van der Waals surface area contributed by atoms with E-state index in [0.29, 0.717) is 6.10 Å². The minimum atomic E-state index is 0.314. The van der Waals surface area contributed by atoms with Crippen molar-refractivity contribution < 1.29 is 4.74 Å². The van der Waals surface area contributed by atoms with E-state index in [0.717, 1.165) is 36.4 Å². The smallest absolute Gasteiger partial charge is 0.120 e. The van der Waals surface area contributed by atoms with Crippen molar-refractivity contribution >= 4 is 0 Å². The molecule has 1 aliphatic rings. The maximum atomic E-state index is 6.01. The Bertz CT molecular complexity index is 510. The molecule has 1 N–H and O–H groups in total. The highest BCUT2D eigenvalue weighted by Gasteiger charge is 2.20. The first-order valence-corrected chi connectivity index (χ1v) is 6.26. The SMILES string of the molecule is CN1CCC(Oc2cccc(-c3cn[nH]c3)c2)C1. The zero-order valence-corrected chi connectivity index (χ0v) is 10.5. The van der Waals surface area contributed by atoms with E-state index in [1.54, 1.807) is 0 Å². The van der Waals surface area contributed by atoms with Gasteiger partial charge in [0.15, 0.2) is 0 Å². The van der Waals surface area contributed by atoms with E-state index in [-0.39, 0.29) is 0 Å². The molecule has 2 heterocycles. The number of benzene rings is 1. The Morgan fingerprint density at radius 1 is 1.39 bits per heavy atom. The van der Waals surface area contributed by atoms with E-state index in [2.05, 4.69) is 34.3 Å². The Morgan fingerprint density at radius 2 is 2.33 bits per heavy atom. The normalized spacial score (nSPS) is 20.2.